The average molecular weight is 856 g/mol. The van der Waals surface area contributed by atoms with E-state index in [4.69, 9.17) is 0 Å². The van der Waals surface area contributed by atoms with E-state index in [1.54, 1.807) is 43.5 Å². The number of carbonyl (C=O) groups excluding carboxylic acids is 1. The summed E-state index contributed by atoms with van der Waals surface area (Å²) in [5.41, 5.74) is 9.87. The SMILES string of the molecule is Bc1c(B)c(C(F)(F)F)c(B)c(B)c1-c1c(B)c(B)c(C(B)(B)N(CCN(C(B)(B)C)C(B)(B)C)C(=O)Cn2c(SC(B)(B)c3ccc(F)cc3)nc(=O)c3c2CCC3)c(B)c1B. The fraction of sp³-hybridized carbons (Fsp3) is 0.361. The van der Waals surface area contributed by atoms with Crippen molar-refractivity contribution in [3.63, 3.8) is 0 Å². The number of halogens is 4. The molecule has 0 radical (unpaired) electrons. The second-order valence-corrected chi connectivity index (χ2v) is 22.4. The molecule has 5 rings (SSSR count). The van der Waals surface area contributed by atoms with Crippen LogP contribution in [0.4, 0.5) is 17.6 Å². The first-order valence-electron chi connectivity index (χ1n) is 22.2. The number of amides is 1. The molecule has 4 aromatic rings. The zero-order chi connectivity index (χ0) is 47.7. The predicted octanol–water partition coefficient (Wildman–Crippen LogP) is -15.1. The molecule has 0 aliphatic heterocycles. The molecular formula is C36H54B16F4N4O2S. The zero-order valence-electron chi connectivity index (χ0n) is 41.1. The number of rotatable bonds is 13. The second-order valence-electron chi connectivity index (χ2n) is 20.8. The Hall–Kier alpha value is -2.92. The van der Waals surface area contributed by atoms with E-state index in [1.807, 2.05) is 40.9 Å². The molecule has 0 atom stereocenters. The van der Waals surface area contributed by atoms with Gasteiger partial charge in [-0.3, -0.25) is 9.59 Å². The minimum Gasteiger partial charge on any atom is -0.346 e. The molecule has 0 spiro atoms. The van der Waals surface area contributed by atoms with Gasteiger partial charge in [-0.2, -0.15) is 18.2 Å². The van der Waals surface area contributed by atoms with Crippen LogP contribution in [-0.4, -0.2) is 175 Å². The van der Waals surface area contributed by atoms with Crippen LogP contribution in [0.2, 0.25) is 0 Å². The van der Waals surface area contributed by atoms with E-state index in [9.17, 15) is 22.4 Å². The van der Waals surface area contributed by atoms with E-state index >= 15 is 4.79 Å². The molecule has 0 unspecified atom stereocenters. The number of hydrogen-bond acceptors (Lipinski definition) is 5. The molecule has 1 aliphatic carbocycles. The van der Waals surface area contributed by atoms with Gasteiger partial charge < -0.3 is 14.4 Å². The average Bonchev–Trinajstić information content (AvgIpc) is 3.64. The minimum absolute atomic E-state index is 0.0391. The number of carbonyl (C=O) groups is 1. The van der Waals surface area contributed by atoms with E-state index in [2.05, 4.69) is 86.5 Å². The smallest absolute Gasteiger partial charge is 0.346 e. The number of alkyl halides is 3. The molecule has 1 amide bonds. The van der Waals surface area contributed by atoms with Crippen LogP contribution in [0.15, 0.2) is 34.2 Å². The normalized spacial score (nSPS) is 13.6. The molecule has 0 N–H and O–H groups in total. The van der Waals surface area contributed by atoms with Crippen LogP contribution in [0.1, 0.15) is 48.2 Å². The Morgan fingerprint density at radius 3 is 1.62 bits per heavy atom. The van der Waals surface area contributed by atoms with Crippen molar-refractivity contribution in [1.82, 2.24) is 19.4 Å². The molecule has 0 saturated heterocycles. The summed E-state index contributed by atoms with van der Waals surface area (Å²) in [5, 5.41) is -0.856. The summed E-state index contributed by atoms with van der Waals surface area (Å²) in [5.74, 6) is -0.458. The van der Waals surface area contributed by atoms with Gasteiger partial charge in [-0.25, -0.2) is 4.39 Å². The van der Waals surface area contributed by atoms with Gasteiger partial charge in [-0.15, -0.1) is 0 Å². The van der Waals surface area contributed by atoms with Crippen LogP contribution in [0.25, 0.3) is 11.1 Å². The van der Waals surface area contributed by atoms with E-state index in [1.165, 1.54) is 23.9 Å². The van der Waals surface area contributed by atoms with Crippen molar-refractivity contribution in [1.29, 1.82) is 0 Å². The molecule has 6 nitrogen and oxygen atoms in total. The van der Waals surface area contributed by atoms with Crippen LogP contribution in [0.5, 0.6) is 0 Å². The lowest BCUT2D eigenvalue weighted by molar-refractivity contribution is -0.136. The maximum absolute atomic E-state index is 15.6. The van der Waals surface area contributed by atoms with E-state index in [0.717, 1.165) is 56.2 Å². The first-order chi connectivity index (χ1) is 28.7. The van der Waals surface area contributed by atoms with Gasteiger partial charge in [0.15, 0.2) is 5.16 Å². The molecule has 27 heteroatoms. The van der Waals surface area contributed by atoms with Crippen LogP contribution >= 0.6 is 11.8 Å². The fourth-order valence-electron chi connectivity index (χ4n) is 10.6. The van der Waals surface area contributed by atoms with E-state index in [-0.39, 0.29) is 45.4 Å². The third kappa shape index (κ3) is 9.95. The molecule has 0 saturated carbocycles. The molecular weight excluding hydrogens is 801 g/mol. The van der Waals surface area contributed by atoms with Gasteiger partial charge in [0.25, 0.3) is 5.56 Å². The van der Waals surface area contributed by atoms with Gasteiger partial charge in [0.1, 0.15) is 138 Å². The number of fused-ring (bicyclic) bond motifs is 1. The first-order valence-corrected chi connectivity index (χ1v) is 23.0. The quantitative estimate of drug-likeness (QED) is 0.0580. The van der Waals surface area contributed by atoms with Crippen molar-refractivity contribution >= 4 is 187 Å². The number of benzene rings is 3. The summed E-state index contributed by atoms with van der Waals surface area (Å²) >= 11 is 1.40. The minimum atomic E-state index is -4.47. The first kappa shape index (κ1) is 51.1. The molecule has 1 aromatic heterocycles. The summed E-state index contributed by atoms with van der Waals surface area (Å²) in [6, 6.07) is 6.34. The number of aromatic nitrogens is 2. The highest BCUT2D eigenvalue weighted by Crippen LogP contribution is 2.37. The maximum Gasteiger partial charge on any atom is 0.415 e. The lowest BCUT2D eigenvalue weighted by atomic mass is 9.48. The van der Waals surface area contributed by atoms with Crippen molar-refractivity contribution in [2.45, 2.75) is 71.5 Å². The molecule has 0 bridgehead atoms. The molecule has 63 heavy (non-hydrogen) atoms. The molecule has 0 fully saturated rings. The van der Waals surface area contributed by atoms with Crippen molar-refractivity contribution < 1.29 is 22.4 Å². The largest absolute Gasteiger partial charge is 0.415 e. The molecule has 1 heterocycles. The fourth-order valence-corrected chi connectivity index (χ4v) is 11.8. The van der Waals surface area contributed by atoms with Crippen LogP contribution in [0, 0.1) is 5.82 Å². The van der Waals surface area contributed by atoms with Crippen LogP contribution in [-0.2, 0) is 40.2 Å². The Balaban J connectivity index is 1.71. The van der Waals surface area contributed by atoms with Crippen LogP contribution < -0.4 is 49.3 Å². The van der Waals surface area contributed by atoms with Gasteiger partial charge in [0.05, 0.1) is 0 Å². The Morgan fingerprint density at radius 2 is 1.17 bits per heavy atom. The van der Waals surface area contributed by atoms with Crippen molar-refractivity contribution in [2.24, 2.45) is 0 Å². The second kappa shape index (κ2) is 18.0. The Labute approximate surface area is 390 Å². The number of nitrogens with zero attached hydrogens (tertiary/aromatic N) is 4. The Morgan fingerprint density at radius 1 is 0.714 bits per heavy atom. The summed E-state index contributed by atoms with van der Waals surface area (Å²) in [6.07, 6.45) is -2.43. The van der Waals surface area contributed by atoms with Crippen molar-refractivity contribution in [3.8, 4) is 11.1 Å². The van der Waals surface area contributed by atoms with Crippen molar-refractivity contribution in [3.05, 3.63) is 68.4 Å². The third-order valence-corrected chi connectivity index (χ3v) is 15.2. The number of thioether (sulfide) groups is 1. The summed E-state index contributed by atoms with van der Waals surface area (Å²) in [7, 11) is 31.9. The van der Waals surface area contributed by atoms with Crippen LogP contribution in [0.3, 0.4) is 0 Å². The molecule has 3 aromatic carbocycles. The molecule has 312 valence electrons. The van der Waals surface area contributed by atoms with Gasteiger partial charge in [-0.1, -0.05) is 87.0 Å². The van der Waals surface area contributed by atoms with Gasteiger partial charge in [0.2, 0.25) is 5.91 Å². The highest BCUT2D eigenvalue weighted by molar-refractivity contribution is 8.02. The summed E-state index contributed by atoms with van der Waals surface area (Å²) in [4.78, 5) is 38.1. The highest BCUT2D eigenvalue weighted by atomic mass is 32.2. The lowest BCUT2D eigenvalue weighted by Gasteiger charge is -2.49. The van der Waals surface area contributed by atoms with Gasteiger partial charge in [0, 0.05) is 35.2 Å². The molecule has 1 aliphatic rings. The maximum atomic E-state index is 15.6. The standard InChI is InChI=1S/C36H54B16F4N4O2S/c1-32(45,46)60(33(2,47)48)11-10-59(17(61)12-58-16-5-3-4-15(16)30(62)57-31(58)63-35(51,52)13-6-8-14(53)9-7-13)34(49,50)20-26(41)22(37)18(23(38)27(20)42)19-24(39)28(43)21(36(54,55)56)29(44)25(19)40/h6-9H,3-5,10-12,37-52H2,1-2H3. The van der Waals surface area contributed by atoms with E-state index in [0.29, 0.717) is 47.6 Å². The lowest BCUT2D eigenvalue weighted by Crippen LogP contribution is -2.65. The monoisotopic (exact) mass is 859 g/mol. The summed E-state index contributed by atoms with van der Waals surface area (Å²) in [6.45, 7) is 5.31. The summed E-state index contributed by atoms with van der Waals surface area (Å²) < 4.78 is 58.5. The zero-order valence-corrected chi connectivity index (χ0v) is 41.9. The van der Waals surface area contributed by atoms with E-state index < -0.39 is 21.6 Å². The Bertz CT molecular complexity index is 2460. The van der Waals surface area contributed by atoms with Gasteiger partial charge >= 0.3 is 6.18 Å². The van der Waals surface area contributed by atoms with Gasteiger partial charge in [-0.05, 0) is 63.3 Å². The van der Waals surface area contributed by atoms with Crippen molar-refractivity contribution in [2.75, 3.05) is 13.1 Å². The predicted molar refractivity (Wildman–Crippen MR) is 302 cm³/mol. The highest BCUT2D eigenvalue weighted by Gasteiger charge is 2.40. The Kier molecular flexibility index (Phi) is 14.6. The topological polar surface area (TPSA) is 58.4 Å². The number of hydrogen-bond donors (Lipinski definition) is 0. The third-order valence-electron chi connectivity index (χ3n) is 13.9.